The molecule has 3 rings (SSSR count). The van der Waals surface area contributed by atoms with Crippen LogP contribution in [0.2, 0.25) is 0 Å². The maximum absolute atomic E-state index is 5.37. The first kappa shape index (κ1) is 11.0. The minimum atomic E-state index is 0.880. The van der Waals surface area contributed by atoms with E-state index in [1.807, 2.05) is 17.5 Å². The van der Waals surface area contributed by atoms with E-state index >= 15 is 0 Å². The molecule has 0 aromatic carbocycles. The lowest BCUT2D eigenvalue weighted by Crippen LogP contribution is -2.42. The van der Waals surface area contributed by atoms with Gasteiger partial charge in [0.05, 0.1) is 10.6 Å². The molecule has 0 radical (unpaired) electrons. The van der Waals surface area contributed by atoms with E-state index in [1.165, 1.54) is 0 Å². The molecular weight excluding hydrogens is 234 g/mol. The second-order valence-electron chi connectivity index (χ2n) is 4.19. The highest BCUT2D eigenvalue weighted by molar-refractivity contribution is 7.13. The van der Waals surface area contributed by atoms with Gasteiger partial charge in [-0.05, 0) is 11.4 Å². The van der Waals surface area contributed by atoms with E-state index in [9.17, 15) is 0 Å². The highest BCUT2D eigenvalue weighted by Gasteiger charge is 2.13. The van der Waals surface area contributed by atoms with Crippen molar-refractivity contribution in [1.82, 2.24) is 15.4 Å². The van der Waals surface area contributed by atoms with E-state index in [-0.39, 0.29) is 0 Å². The summed E-state index contributed by atoms with van der Waals surface area (Å²) in [6.45, 7) is 5.18. The summed E-state index contributed by atoms with van der Waals surface area (Å²) in [6.07, 6.45) is 0. The molecule has 17 heavy (non-hydrogen) atoms. The van der Waals surface area contributed by atoms with Crippen molar-refractivity contribution in [3.05, 3.63) is 29.3 Å². The smallest absolute Gasteiger partial charge is 0.177 e. The number of nitrogens with one attached hydrogen (secondary N) is 1. The average molecular weight is 249 g/mol. The fourth-order valence-electron chi connectivity index (χ4n) is 2.02. The number of thiophene rings is 1. The van der Waals surface area contributed by atoms with Crippen molar-refractivity contribution in [1.29, 1.82) is 0 Å². The Morgan fingerprint density at radius 2 is 2.29 bits per heavy atom. The minimum absolute atomic E-state index is 0.880. The summed E-state index contributed by atoms with van der Waals surface area (Å²) in [4.78, 5) is 3.54. The molecule has 0 unspecified atom stereocenters. The van der Waals surface area contributed by atoms with Gasteiger partial charge in [0.15, 0.2) is 5.76 Å². The summed E-state index contributed by atoms with van der Waals surface area (Å²) in [5, 5.41) is 9.53. The van der Waals surface area contributed by atoms with Crippen molar-refractivity contribution in [3.63, 3.8) is 0 Å². The molecule has 1 saturated heterocycles. The summed E-state index contributed by atoms with van der Waals surface area (Å²) in [5.74, 6) is 0.880. The lowest BCUT2D eigenvalue weighted by Gasteiger charge is -2.25. The summed E-state index contributed by atoms with van der Waals surface area (Å²) in [5.41, 5.74) is 1.02. The van der Waals surface area contributed by atoms with Crippen LogP contribution in [0, 0.1) is 0 Å². The zero-order chi connectivity index (χ0) is 11.5. The van der Waals surface area contributed by atoms with Crippen molar-refractivity contribution in [2.45, 2.75) is 6.54 Å². The van der Waals surface area contributed by atoms with E-state index in [0.29, 0.717) is 0 Å². The molecule has 1 N–H and O–H groups in total. The fourth-order valence-corrected chi connectivity index (χ4v) is 2.69. The summed E-state index contributed by atoms with van der Waals surface area (Å²) in [6, 6.07) is 6.13. The molecule has 2 aromatic heterocycles. The van der Waals surface area contributed by atoms with Gasteiger partial charge in [-0.25, -0.2) is 0 Å². The molecule has 0 saturated carbocycles. The molecule has 0 atom stereocenters. The molecule has 4 nitrogen and oxygen atoms in total. The van der Waals surface area contributed by atoms with Crippen LogP contribution in [0.1, 0.15) is 5.69 Å². The lowest BCUT2D eigenvalue weighted by molar-refractivity contribution is 0.227. The number of rotatable bonds is 3. The van der Waals surface area contributed by atoms with Crippen LogP contribution in [0.3, 0.4) is 0 Å². The van der Waals surface area contributed by atoms with Crippen LogP contribution in [0.15, 0.2) is 28.1 Å². The third kappa shape index (κ3) is 2.57. The molecule has 1 aliphatic rings. The number of piperazine rings is 1. The van der Waals surface area contributed by atoms with E-state index < -0.39 is 0 Å². The molecule has 0 aliphatic carbocycles. The highest BCUT2D eigenvalue weighted by atomic mass is 32.1. The van der Waals surface area contributed by atoms with Gasteiger partial charge in [0, 0.05) is 38.8 Å². The van der Waals surface area contributed by atoms with Gasteiger partial charge in [0.1, 0.15) is 0 Å². The molecule has 90 valence electrons. The number of hydrogen-bond acceptors (Lipinski definition) is 5. The van der Waals surface area contributed by atoms with Crippen LogP contribution < -0.4 is 5.32 Å². The summed E-state index contributed by atoms with van der Waals surface area (Å²) < 4.78 is 5.37. The first-order valence-electron chi connectivity index (χ1n) is 5.84. The predicted molar refractivity (Wildman–Crippen MR) is 68.0 cm³/mol. The van der Waals surface area contributed by atoms with Crippen LogP contribution in [-0.4, -0.2) is 36.2 Å². The van der Waals surface area contributed by atoms with Crippen molar-refractivity contribution < 1.29 is 4.52 Å². The topological polar surface area (TPSA) is 41.3 Å². The van der Waals surface area contributed by atoms with Gasteiger partial charge in [-0.3, -0.25) is 4.90 Å². The standard InChI is InChI=1S/C12H15N3OS/c1-2-12(17-7-1)11-8-10(14-16-11)9-15-5-3-13-4-6-15/h1-2,7-8,13H,3-6,9H2. The Kier molecular flexibility index (Phi) is 3.22. The zero-order valence-corrected chi connectivity index (χ0v) is 10.4. The average Bonchev–Trinajstić information content (AvgIpc) is 3.00. The van der Waals surface area contributed by atoms with E-state index in [4.69, 9.17) is 4.52 Å². The fraction of sp³-hybridized carbons (Fsp3) is 0.417. The van der Waals surface area contributed by atoms with Crippen molar-refractivity contribution in [2.24, 2.45) is 0 Å². The number of nitrogens with zero attached hydrogens (tertiary/aromatic N) is 2. The molecule has 1 aliphatic heterocycles. The number of hydrogen-bond donors (Lipinski definition) is 1. The van der Waals surface area contributed by atoms with Crippen molar-refractivity contribution in [2.75, 3.05) is 26.2 Å². The molecule has 0 bridgehead atoms. The van der Waals surface area contributed by atoms with Crippen LogP contribution in [0.5, 0.6) is 0 Å². The first-order chi connectivity index (χ1) is 8.42. The zero-order valence-electron chi connectivity index (χ0n) is 9.56. The maximum atomic E-state index is 5.37. The van der Waals surface area contributed by atoms with Crippen LogP contribution in [0.4, 0.5) is 0 Å². The van der Waals surface area contributed by atoms with Gasteiger partial charge in [-0.15, -0.1) is 11.3 Å². The normalized spacial score (nSPS) is 17.4. The molecule has 2 aromatic rings. The second-order valence-corrected chi connectivity index (χ2v) is 5.13. The lowest BCUT2D eigenvalue weighted by atomic mass is 10.3. The molecule has 5 heteroatoms. The largest absolute Gasteiger partial charge is 0.355 e. The monoisotopic (exact) mass is 249 g/mol. The Morgan fingerprint density at radius 1 is 1.41 bits per heavy atom. The molecular formula is C12H15N3OS. The third-order valence-corrected chi connectivity index (χ3v) is 3.80. The maximum Gasteiger partial charge on any atom is 0.177 e. The Morgan fingerprint density at radius 3 is 3.06 bits per heavy atom. The van der Waals surface area contributed by atoms with Gasteiger partial charge in [-0.1, -0.05) is 11.2 Å². The van der Waals surface area contributed by atoms with Crippen LogP contribution in [0.25, 0.3) is 10.6 Å². The molecule has 0 amide bonds. The van der Waals surface area contributed by atoms with E-state index in [2.05, 4.69) is 21.4 Å². The second kappa shape index (κ2) is 5.00. The molecule has 0 spiro atoms. The van der Waals surface area contributed by atoms with Gasteiger partial charge >= 0.3 is 0 Å². The first-order valence-corrected chi connectivity index (χ1v) is 6.72. The highest BCUT2D eigenvalue weighted by Crippen LogP contribution is 2.25. The summed E-state index contributed by atoms with van der Waals surface area (Å²) >= 11 is 1.68. The molecule has 3 heterocycles. The van der Waals surface area contributed by atoms with Gasteiger partial charge in [0.25, 0.3) is 0 Å². The Hall–Kier alpha value is -1.17. The van der Waals surface area contributed by atoms with Crippen LogP contribution in [-0.2, 0) is 6.54 Å². The van der Waals surface area contributed by atoms with E-state index in [0.717, 1.165) is 49.1 Å². The van der Waals surface area contributed by atoms with Gasteiger partial charge in [0.2, 0.25) is 0 Å². The van der Waals surface area contributed by atoms with Crippen molar-refractivity contribution in [3.8, 4) is 10.6 Å². The third-order valence-electron chi connectivity index (χ3n) is 2.92. The van der Waals surface area contributed by atoms with Gasteiger partial charge < -0.3 is 9.84 Å². The van der Waals surface area contributed by atoms with Crippen LogP contribution >= 0.6 is 11.3 Å². The summed E-state index contributed by atoms with van der Waals surface area (Å²) in [7, 11) is 0. The SMILES string of the molecule is c1csc(-c2cc(CN3CCNCC3)no2)c1. The van der Waals surface area contributed by atoms with E-state index in [1.54, 1.807) is 11.3 Å². The number of aromatic nitrogens is 1. The van der Waals surface area contributed by atoms with Gasteiger partial charge in [-0.2, -0.15) is 0 Å². The Bertz CT molecular complexity index is 460. The Balaban J connectivity index is 1.68. The predicted octanol–water partition coefficient (Wildman–Crippen LogP) is 1.81. The molecule has 1 fully saturated rings. The Labute approximate surface area is 104 Å². The quantitative estimate of drug-likeness (QED) is 0.900. The minimum Gasteiger partial charge on any atom is -0.355 e. The van der Waals surface area contributed by atoms with Crippen molar-refractivity contribution >= 4 is 11.3 Å².